The van der Waals surface area contributed by atoms with Crippen molar-refractivity contribution in [1.29, 1.82) is 0 Å². The van der Waals surface area contributed by atoms with Crippen LogP contribution in [0.25, 0.3) is 0 Å². The monoisotopic (exact) mass is 377 g/mol. The fraction of sp³-hybridized carbons (Fsp3) is 0.944. The summed E-state index contributed by atoms with van der Waals surface area (Å²) >= 11 is 0. The van der Waals surface area contributed by atoms with Crippen LogP contribution < -0.4 is 5.73 Å². The summed E-state index contributed by atoms with van der Waals surface area (Å²) in [5, 5.41) is 0. The van der Waals surface area contributed by atoms with Crippen LogP contribution in [0, 0.1) is 17.8 Å². The number of amides is 1. The van der Waals surface area contributed by atoms with E-state index in [0.717, 1.165) is 19.1 Å². The number of likely N-dealkylation sites (tertiary alicyclic amines) is 2. The zero-order valence-corrected chi connectivity index (χ0v) is 16.2. The van der Waals surface area contributed by atoms with Gasteiger partial charge in [0.25, 0.3) is 0 Å². The predicted molar refractivity (Wildman–Crippen MR) is 102 cm³/mol. The van der Waals surface area contributed by atoms with E-state index in [-0.39, 0.29) is 36.8 Å². The van der Waals surface area contributed by atoms with E-state index in [1.165, 1.54) is 64.5 Å². The highest BCUT2D eigenvalue weighted by Gasteiger charge is 2.50. The molecule has 2 saturated carbocycles. The quantitative estimate of drug-likeness (QED) is 0.804. The van der Waals surface area contributed by atoms with Gasteiger partial charge in [-0.1, -0.05) is 6.42 Å². The Labute approximate surface area is 158 Å². The summed E-state index contributed by atoms with van der Waals surface area (Å²) in [5.74, 6) is 1.75. The number of nitrogens with two attached hydrogens (primary N) is 1. The van der Waals surface area contributed by atoms with Crippen molar-refractivity contribution >= 4 is 30.7 Å². The lowest BCUT2D eigenvalue weighted by molar-refractivity contribution is -0.139. The highest BCUT2D eigenvalue weighted by Crippen LogP contribution is 2.48. The number of rotatable bonds is 2. The third-order valence-corrected chi connectivity index (χ3v) is 6.95. The first-order chi connectivity index (χ1) is 10.7. The third-order valence-electron chi connectivity index (χ3n) is 6.95. The van der Waals surface area contributed by atoms with Crippen molar-refractivity contribution in [3.05, 3.63) is 0 Å². The summed E-state index contributed by atoms with van der Waals surface area (Å²) in [6.07, 6.45) is 10.2. The molecular formula is C18H33Cl2N3O. The molecule has 0 radical (unpaired) electrons. The number of hydrogen-bond acceptors (Lipinski definition) is 3. The molecule has 4 unspecified atom stereocenters. The number of nitrogens with zero attached hydrogens (tertiary/aromatic N) is 2. The van der Waals surface area contributed by atoms with E-state index >= 15 is 0 Å². The number of carbonyl (C=O) groups excluding carboxylic acids is 1. The molecular weight excluding hydrogens is 345 g/mol. The Hall–Kier alpha value is -0.0300. The largest absolute Gasteiger partial charge is 0.342 e. The minimum absolute atomic E-state index is 0. The van der Waals surface area contributed by atoms with Crippen LogP contribution in [0.4, 0.5) is 0 Å². The van der Waals surface area contributed by atoms with E-state index in [2.05, 4.69) is 9.80 Å². The second-order valence-electron chi connectivity index (χ2n) is 8.09. The summed E-state index contributed by atoms with van der Waals surface area (Å²) in [7, 11) is 0. The molecule has 2 aliphatic heterocycles. The Balaban J connectivity index is 0.00000104. The lowest BCUT2D eigenvalue weighted by Gasteiger charge is -2.41. The molecule has 2 bridgehead atoms. The molecule has 2 saturated heterocycles. The molecule has 0 spiro atoms. The smallest absolute Gasteiger partial charge is 0.227 e. The van der Waals surface area contributed by atoms with Crippen LogP contribution in [0.3, 0.4) is 0 Å². The van der Waals surface area contributed by atoms with E-state index in [4.69, 9.17) is 5.73 Å². The average Bonchev–Trinajstić information content (AvgIpc) is 3.16. The molecule has 4 rings (SSSR count). The maximum atomic E-state index is 12.9. The third kappa shape index (κ3) is 3.72. The van der Waals surface area contributed by atoms with Gasteiger partial charge in [0, 0.05) is 25.2 Å². The van der Waals surface area contributed by atoms with Gasteiger partial charge in [0.2, 0.25) is 5.91 Å². The van der Waals surface area contributed by atoms with Crippen LogP contribution in [0.1, 0.15) is 51.4 Å². The van der Waals surface area contributed by atoms with Crippen LogP contribution >= 0.6 is 24.8 Å². The number of halogens is 2. The minimum atomic E-state index is 0. The lowest BCUT2D eigenvalue weighted by Crippen LogP contribution is -2.52. The van der Waals surface area contributed by atoms with E-state index in [0.29, 0.717) is 17.7 Å². The van der Waals surface area contributed by atoms with Crippen LogP contribution in [0.15, 0.2) is 0 Å². The fourth-order valence-corrected chi connectivity index (χ4v) is 5.65. The summed E-state index contributed by atoms with van der Waals surface area (Å²) in [6.45, 7) is 4.47. The minimum Gasteiger partial charge on any atom is -0.342 e. The van der Waals surface area contributed by atoms with Crippen LogP contribution in [0.2, 0.25) is 0 Å². The Kier molecular flexibility index (Phi) is 7.24. The first kappa shape index (κ1) is 20.3. The van der Waals surface area contributed by atoms with Gasteiger partial charge in [0.1, 0.15) is 0 Å². The van der Waals surface area contributed by atoms with Gasteiger partial charge in [0.05, 0.1) is 5.92 Å². The van der Waals surface area contributed by atoms with Gasteiger partial charge >= 0.3 is 0 Å². The van der Waals surface area contributed by atoms with Crippen LogP contribution in [0.5, 0.6) is 0 Å². The van der Waals surface area contributed by atoms with Gasteiger partial charge in [-0.25, -0.2) is 0 Å². The van der Waals surface area contributed by atoms with Gasteiger partial charge in [-0.2, -0.15) is 0 Å². The van der Waals surface area contributed by atoms with Gasteiger partial charge < -0.3 is 15.5 Å². The van der Waals surface area contributed by atoms with Crippen LogP contribution in [-0.2, 0) is 4.79 Å². The fourth-order valence-electron chi connectivity index (χ4n) is 5.65. The van der Waals surface area contributed by atoms with Gasteiger partial charge in [-0.05, 0) is 69.9 Å². The topological polar surface area (TPSA) is 49.6 Å². The molecule has 2 heterocycles. The Morgan fingerprint density at radius 2 is 1.46 bits per heavy atom. The second kappa shape index (κ2) is 8.57. The second-order valence-corrected chi connectivity index (χ2v) is 8.09. The van der Waals surface area contributed by atoms with Crippen molar-refractivity contribution < 1.29 is 4.79 Å². The van der Waals surface area contributed by atoms with E-state index in [1.54, 1.807) is 0 Å². The molecule has 2 aliphatic carbocycles. The van der Waals surface area contributed by atoms with Gasteiger partial charge in [0.15, 0.2) is 0 Å². The molecule has 140 valence electrons. The maximum absolute atomic E-state index is 12.9. The van der Waals surface area contributed by atoms with Crippen LogP contribution in [-0.4, -0.2) is 54.0 Å². The summed E-state index contributed by atoms with van der Waals surface area (Å²) in [4.78, 5) is 17.7. The van der Waals surface area contributed by atoms with Crippen molar-refractivity contribution in [2.75, 3.05) is 26.2 Å². The highest BCUT2D eigenvalue weighted by atomic mass is 35.5. The lowest BCUT2D eigenvalue weighted by atomic mass is 9.83. The van der Waals surface area contributed by atoms with E-state index in [9.17, 15) is 4.79 Å². The summed E-state index contributed by atoms with van der Waals surface area (Å²) in [6, 6.07) is 0.865. The first-order valence-electron chi connectivity index (χ1n) is 9.52. The number of fused-ring (bicyclic) bond motifs is 2. The SMILES string of the molecule is Cl.Cl.NC1C2CCC(C2)C1C(=O)N1CCC(N2CCCCC2)CC1. The van der Waals surface area contributed by atoms with E-state index in [1.807, 2.05) is 0 Å². The van der Waals surface area contributed by atoms with Crippen molar-refractivity contribution in [1.82, 2.24) is 9.80 Å². The Bertz CT molecular complexity index is 420. The molecule has 6 heteroatoms. The van der Waals surface area contributed by atoms with Gasteiger partial charge in [-0.3, -0.25) is 4.79 Å². The zero-order chi connectivity index (χ0) is 15.1. The predicted octanol–water partition coefficient (Wildman–Crippen LogP) is 2.68. The molecule has 4 fully saturated rings. The Morgan fingerprint density at radius 1 is 0.833 bits per heavy atom. The van der Waals surface area contributed by atoms with Crippen molar-refractivity contribution in [2.24, 2.45) is 23.5 Å². The number of hydrogen-bond donors (Lipinski definition) is 1. The standard InChI is InChI=1S/C18H31N3O.2ClH/c19-17-14-5-4-13(12-14)16(17)18(22)21-10-6-15(7-11-21)20-8-2-1-3-9-20;;/h13-17H,1-12,19H2;2*1H. The molecule has 4 aliphatic rings. The first-order valence-corrected chi connectivity index (χ1v) is 9.52. The summed E-state index contributed by atoms with van der Waals surface area (Å²) < 4.78 is 0. The normalized spacial score (nSPS) is 37.0. The average molecular weight is 378 g/mol. The molecule has 0 aromatic rings. The number of carbonyl (C=O) groups is 1. The van der Waals surface area contributed by atoms with E-state index < -0.39 is 0 Å². The Morgan fingerprint density at radius 3 is 2.04 bits per heavy atom. The van der Waals surface area contributed by atoms with Crippen molar-refractivity contribution in [3.8, 4) is 0 Å². The molecule has 4 nitrogen and oxygen atoms in total. The maximum Gasteiger partial charge on any atom is 0.227 e. The summed E-state index contributed by atoms with van der Waals surface area (Å²) in [5.41, 5.74) is 6.36. The van der Waals surface area contributed by atoms with Crippen molar-refractivity contribution in [3.63, 3.8) is 0 Å². The molecule has 2 N–H and O–H groups in total. The molecule has 24 heavy (non-hydrogen) atoms. The molecule has 0 aromatic carbocycles. The van der Waals surface area contributed by atoms with Crippen molar-refractivity contribution in [2.45, 2.75) is 63.5 Å². The molecule has 4 atom stereocenters. The zero-order valence-electron chi connectivity index (χ0n) is 14.6. The van der Waals surface area contributed by atoms with Gasteiger partial charge in [-0.15, -0.1) is 24.8 Å². The number of piperidine rings is 2. The molecule has 1 amide bonds. The highest BCUT2D eigenvalue weighted by molar-refractivity contribution is 5.85. The molecule has 0 aromatic heterocycles.